The SMILES string of the molecule is C=C(CC(=O)SCCNC(=O)CCNC(=O)C(O)C(C)(C)COP(=O)(O)OP(=O)(O)OC[C@H]1O[C@@H](n2cnc3c(N)ncnc32)[C@H](O)[C@H]1OP(=O)(O)O)C(=O)O. The third-order valence-electron chi connectivity index (χ3n) is 7.43. The summed E-state index contributed by atoms with van der Waals surface area (Å²) in [5, 5.41) is 34.4. The Balaban J connectivity index is 1.49. The lowest BCUT2D eigenvalue weighted by Crippen LogP contribution is -2.46. The number of ether oxygens (including phenoxy) is 1. The molecule has 1 aliphatic rings. The highest BCUT2D eigenvalue weighted by Crippen LogP contribution is 2.61. The number of amides is 2. The van der Waals surface area contributed by atoms with E-state index in [0.29, 0.717) is 0 Å². The number of rotatable bonds is 22. The van der Waals surface area contributed by atoms with Crippen LogP contribution in [0, 0.1) is 5.41 Å². The average molecular weight is 880 g/mol. The Labute approximate surface area is 320 Å². The molecule has 30 heteroatoms. The van der Waals surface area contributed by atoms with Crippen LogP contribution in [0.2, 0.25) is 0 Å². The number of carboxylic acid groups (broad SMARTS) is 1. The number of aliphatic carboxylic acids is 1. The van der Waals surface area contributed by atoms with Crippen molar-refractivity contribution in [1.82, 2.24) is 30.2 Å². The Morgan fingerprint density at radius 1 is 1.07 bits per heavy atom. The van der Waals surface area contributed by atoms with Crippen molar-refractivity contribution in [1.29, 1.82) is 0 Å². The minimum Gasteiger partial charge on any atom is -0.478 e. The summed E-state index contributed by atoms with van der Waals surface area (Å²) < 4.78 is 61.9. The molecule has 3 rings (SSSR count). The summed E-state index contributed by atoms with van der Waals surface area (Å²) in [7, 11) is -16.5. The highest BCUT2D eigenvalue weighted by Gasteiger charge is 2.50. The zero-order chi connectivity index (χ0) is 42.2. The van der Waals surface area contributed by atoms with Gasteiger partial charge in [-0.15, -0.1) is 0 Å². The second kappa shape index (κ2) is 19.5. The summed E-state index contributed by atoms with van der Waals surface area (Å²) in [5.41, 5.74) is 3.91. The molecule has 0 bridgehead atoms. The zero-order valence-corrected chi connectivity index (χ0v) is 32.8. The van der Waals surface area contributed by atoms with E-state index in [1.54, 1.807) is 0 Å². The van der Waals surface area contributed by atoms with Gasteiger partial charge in [0, 0.05) is 42.7 Å². The van der Waals surface area contributed by atoms with Crippen LogP contribution in [0.15, 0.2) is 24.8 Å². The number of nitrogens with zero attached hydrogens (tertiary/aromatic N) is 4. The van der Waals surface area contributed by atoms with E-state index in [-0.39, 0.29) is 54.2 Å². The molecular weight excluding hydrogens is 839 g/mol. The number of imidazole rings is 1. The molecule has 0 aliphatic carbocycles. The largest absolute Gasteiger partial charge is 0.481 e. The first-order chi connectivity index (χ1) is 25.8. The van der Waals surface area contributed by atoms with E-state index in [0.717, 1.165) is 29.0 Å². The van der Waals surface area contributed by atoms with E-state index >= 15 is 0 Å². The maximum atomic E-state index is 12.7. The summed E-state index contributed by atoms with van der Waals surface area (Å²) in [6.45, 7) is 3.40. The van der Waals surface area contributed by atoms with Crippen molar-refractivity contribution in [3.05, 3.63) is 24.8 Å². The Bertz CT molecular complexity index is 1930. The number of nitrogen functional groups attached to an aromatic ring is 1. The van der Waals surface area contributed by atoms with Gasteiger partial charge in [0.05, 0.1) is 19.5 Å². The summed E-state index contributed by atoms with van der Waals surface area (Å²) in [6.07, 6.45) is -7.49. The number of aromatic nitrogens is 4. The summed E-state index contributed by atoms with van der Waals surface area (Å²) in [5.74, 6) is -2.78. The molecule has 3 heterocycles. The van der Waals surface area contributed by atoms with Crippen LogP contribution in [0.3, 0.4) is 0 Å². The smallest absolute Gasteiger partial charge is 0.478 e. The van der Waals surface area contributed by atoms with E-state index in [1.165, 1.54) is 13.8 Å². The van der Waals surface area contributed by atoms with Crippen LogP contribution in [0.1, 0.15) is 32.9 Å². The van der Waals surface area contributed by atoms with E-state index < -0.39 is 95.6 Å². The Hall–Kier alpha value is -3.23. The lowest BCUT2D eigenvalue weighted by atomic mass is 9.87. The van der Waals surface area contributed by atoms with Gasteiger partial charge in [-0.05, 0) is 0 Å². The van der Waals surface area contributed by atoms with Crippen molar-refractivity contribution in [2.24, 2.45) is 5.41 Å². The lowest BCUT2D eigenvalue weighted by Gasteiger charge is -2.30. The maximum Gasteiger partial charge on any atom is 0.481 e. The highest BCUT2D eigenvalue weighted by atomic mass is 32.2. The maximum absolute atomic E-state index is 12.7. The molecule has 0 spiro atoms. The summed E-state index contributed by atoms with van der Waals surface area (Å²) in [6, 6.07) is 0. The number of carboxylic acids is 1. The van der Waals surface area contributed by atoms with Crippen molar-refractivity contribution >= 4 is 75.1 Å². The molecule has 2 amide bonds. The summed E-state index contributed by atoms with van der Waals surface area (Å²) >= 11 is 0.792. The van der Waals surface area contributed by atoms with Gasteiger partial charge in [-0.25, -0.2) is 33.4 Å². The zero-order valence-electron chi connectivity index (χ0n) is 29.3. The van der Waals surface area contributed by atoms with Crippen LogP contribution < -0.4 is 16.4 Å². The predicted molar refractivity (Wildman–Crippen MR) is 188 cm³/mol. The fourth-order valence-corrected chi connectivity index (χ4v) is 8.13. The molecule has 7 atom stereocenters. The first-order valence-corrected chi connectivity index (χ1v) is 21.3. The number of hydrogen-bond acceptors (Lipinski definition) is 19. The third kappa shape index (κ3) is 14.0. The number of fused-ring (bicyclic) bond motifs is 1. The second-order valence-electron chi connectivity index (χ2n) is 12.4. The van der Waals surface area contributed by atoms with Crippen LogP contribution in [0.25, 0.3) is 11.2 Å². The van der Waals surface area contributed by atoms with Crippen LogP contribution in [-0.4, -0.2) is 134 Å². The van der Waals surface area contributed by atoms with Crippen molar-refractivity contribution in [2.75, 3.05) is 37.8 Å². The van der Waals surface area contributed by atoms with Crippen molar-refractivity contribution in [2.45, 2.75) is 57.3 Å². The van der Waals surface area contributed by atoms with Gasteiger partial charge in [-0.3, -0.25) is 32.5 Å². The standard InChI is InChI=1S/C26H40N7O19P3S/c1-13(25(39)40)8-16(35)56-7-6-28-15(34)4-5-29-23(38)20(37)26(2,3)10-49-55(46,47)52-54(44,45)48-9-14-19(51-53(41,42)43)18(36)24(50-14)33-12-32-17-21(27)30-11-31-22(17)33/h11-12,14,18-20,24,36-37H,1,4-10H2,2-3H3,(H,28,34)(H,29,38)(H,39,40)(H,44,45)(H,46,47)(H2,27,30,31)(H2,41,42,43)/t14-,18-,19+,20?,24-/m1/s1. The van der Waals surface area contributed by atoms with Crippen molar-refractivity contribution in [3.8, 4) is 0 Å². The molecule has 1 aliphatic heterocycles. The Morgan fingerprint density at radius 3 is 2.38 bits per heavy atom. The Morgan fingerprint density at radius 2 is 1.73 bits per heavy atom. The predicted octanol–water partition coefficient (Wildman–Crippen LogP) is -1.30. The number of nitrogens with one attached hydrogen (secondary N) is 2. The molecule has 0 saturated carbocycles. The molecule has 26 nitrogen and oxygen atoms in total. The van der Waals surface area contributed by atoms with Gasteiger partial charge in [0.25, 0.3) is 0 Å². The van der Waals surface area contributed by atoms with Crippen LogP contribution in [-0.2, 0) is 55.5 Å². The molecule has 56 heavy (non-hydrogen) atoms. The third-order valence-corrected chi connectivity index (χ3v) is 11.4. The van der Waals surface area contributed by atoms with Gasteiger partial charge in [-0.2, -0.15) is 4.31 Å². The molecule has 314 valence electrons. The van der Waals surface area contributed by atoms with Crippen LogP contribution in [0.5, 0.6) is 0 Å². The van der Waals surface area contributed by atoms with Gasteiger partial charge < -0.3 is 56.0 Å². The van der Waals surface area contributed by atoms with E-state index in [9.17, 15) is 62.7 Å². The summed E-state index contributed by atoms with van der Waals surface area (Å²) in [4.78, 5) is 97.8. The molecule has 1 fully saturated rings. The average Bonchev–Trinajstić information content (AvgIpc) is 3.64. The fourth-order valence-electron chi connectivity index (χ4n) is 4.60. The normalized spacial score (nSPS) is 21.5. The number of aliphatic hydroxyl groups excluding tert-OH is 2. The number of thioether (sulfide) groups is 1. The van der Waals surface area contributed by atoms with E-state index in [2.05, 4.69) is 41.0 Å². The molecule has 0 aromatic carbocycles. The van der Waals surface area contributed by atoms with E-state index in [1.807, 2.05) is 0 Å². The topological polar surface area (TPSA) is 401 Å². The van der Waals surface area contributed by atoms with Gasteiger partial charge in [0.2, 0.25) is 11.8 Å². The number of phosphoric acid groups is 3. The monoisotopic (exact) mass is 879 g/mol. The van der Waals surface area contributed by atoms with Gasteiger partial charge in [0.15, 0.2) is 22.8 Å². The number of hydrogen-bond donors (Lipinski definition) is 10. The van der Waals surface area contributed by atoms with Crippen LogP contribution in [0.4, 0.5) is 5.82 Å². The highest BCUT2D eigenvalue weighted by molar-refractivity contribution is 8.13. The molecule has 1 saturated heterocycles. The number of carbonyl (C=O) groups is 4. The Kier molecular flexibility index (Phi) is 16.4. The molecule has 0 radical (unpaired) electrons. The van der Waals surface area contributed by atoms with Crippen molar-refractivity contribution < 1.29 is 90.4 Å². The molecular formula is C26H40N7O19P3S. The molecule has 3 unspecified atom stereocenters. The van der Waals surface area contributed by atoms with Crippen LogP contribution >= 0.6 is 35.2 Å². The number of anilines is 1. The van der Waals surface area contributed by atoms with Crippen molar-refractivity contribution in [3.63, 3.8) is 0 Å². The van der Waals surface area contributed by atoms with Gasteiger partial charge in [-0.1, -0.05) is 32.2 Å². The molecule has 11 N–H and O–H groups in total. The van der Waals surface area contributed by atoms with E-state index in [4.69, 9.17) is 24.6 Å². The molecule has 2 aromatic heterocycles. The number of aliphatic hydroxyl groups is 2. The minimum atomic E-state index is -5.59. The quantitative estimate of drug-likeness (QED) is 0.0373. The van der Waals surface area contributed by atoms with Gasteiger partial charge in [0.1, 0.15) is 36.3 Å². The van der Waals surface area contributed by atoms with Gasteiger partial charge >= 0.3 is 29.4 Å². The number of nitrogens with two attached hydrogens (primary N) is 1. The number of phosphoric ester groups is 3. The second-order valence-corrected chi connectivity index (χ2v) is 17.8. The first kappa shape index (κ1) is 47.1. The fraction of sp³-hybridized carbons (Fsp3) is 0.577. The molecule has 2 aromatic rings. The first-order valence-electron chi connectivity index (χ1n) is 15.8. The number of carbonyl (C=O) groups excluding carboxylic acids is 3. The minimum absolute atomic E-state index is 0.0176. The lowest BCUT2D eigenvalue weighted by molar-refractivity contribution is -0.137.